The van der Waals surface area contributed by atoms with Crippen molar-refractivity contribution in [1.82, 2.24) is 20.0 Å². The van der Waals surface area contributed by atoms with Crippen LogP contribution in [0.1, 0.15) is 30.5 Å². The van der Waals surface area contributed by atoms with Crippen molar-refractivity contribution in [3.8, 4) is 5.69 Å². The maximum Gasteiger partial charge on any atom is 0.239 e. The van der Waals surface area contributed by atoms with Gasteiger partial charge < -0.3 is 20.1 Å². The Hall–Kier alpha value is -2.22. The lowest BCUT2D eigenvalue weighted by Crippen LogP contribution is -2.52. The van der Waals surface area contributed by atoms with E-state index in [9.17, 15) is 9.90 Å². The number of amides is 1. The second-order valence-corrected chi connectivity index (χ2v) is 8.05. The van der Waals surface area contributed by atoms with Gasteiger partial charge in [-0.2, -0.15) is 5.10 Å². The summed E-state index contributed by atoms with van der Waals surface area (Å²) in [5.41, 5.74) is 2.93. The molecule has 0 aliphatic carbocycles. The summed E-state index contributed by atoms with van der Waals surface area (Å²) in [5.74, 6) is 0.0947. The van der Waals surface area contributed by atoms with Crippen LogP contribution in [0.5, 0.6) is 0 Å². The van der Waals surface area contributed by atoms with Crippen LogP contribution < -0.4 is 5.32 Å². The summed E-state index contributed by atoms with van der Waals surface area (Å²) in [6.07, 6.45) is 4.59. The number of benzene rings is 1. The van der Waals surface area contributed by atoms with Gasteiger partial charge in [0.1, 0.15) is 5.60 Å². The second kappa shape index (κ2) is 6.99. The molecular weight excluding hydrogens is 356 g/mol. The molecule has 0 unspecified atom stereocenters. The van der Waals surface area contributed by atoms with Crippen molar-refractivity contribution < 1.29 is 14.6 Å². The summed E-state index contributed by atoms with van der Waals surface area (Å²) in [6.45, 7) is 2.50. The van der Waals surface area contributed by atoms with Crippen molar-refractivity contribution in [3.05, 3.63) is 47.8 Å². The third-order valence-electron chi connectivity index (χ3n) is 6.28. The number of nitrogens with one attached hydrogen (secondary N) is 1. The van der Waals surface area contributed by atoms with Crippen LogP contribution in [0.4, 0.5) is 0 Å². The molecule has 2 atom stereocenters. The van der Waals surface area contributed by atoms with Gasteiger partial charge in [0.25, 0.3) is 0 Å². The highest BCUT2D eigenvalue weighted by molar-refractivity contribution is 5.82. The van der Waals surface area contributed by atoms with E-state index in [1.807, 2.05) is 27.8 Å². The van der Waals surface area contributed by atoms with Crippen molar-refractivity contribution in [1.29, 1.82) is 0 Å². The van der Waals surface area contributed by atoms with E-state index in [4.69, 9.17) is 9.84 Å². The van der Waals surface area contributed by atoms with E-state index in [0.717, 1.165) is 30.6 Å². The van der Waals surface area contributed by atoms with Crippen molar-refractivity contribution in [3.63, 3.8) is 0 Å². The van der Waals surface area contributed by atoms with Gasteiger partial charge in [-0.15, -0.1) is 0 Å². The zero-order valence-corrected chi connectivity index (χ0v) is 15.9. The number of rotatable bonds is 2. The highest BCUT2D eigenvalue weighted by Gasteiger charge is 2.45. The monoisotopic (exact) mass is 382 g/mol. The fraction of sp³-hybridized carbons (Fsp3) is 0.524. The molecule has 2 N–H and O–H groups in total. The summed E-state index contributed by atoms with van der Waals surface area (Å²) in [4.78, 5) is 14.7. The Morgan fingerprint density at radius 1 is 1.25 bits per heavy atom. The van der Waals surface area contributed by atoms with Crippen LogP contribution in [0, 0.1) is 0 Å². The zero-order chi connectivity index (χ0) is 19.1. The summed E-state index contributed by atoms with van der Waals surface area (Å²) < 4.78 is 8.23. The molecule has 5 rings (SSSR count). The molecule has 1 spiro atoms. The average molecular weight is 382 g/mol. The minimum Gasteiger partial charge on any atom is -0.392 e. The Morgan fingerprint density at radius 3 is 2.75 bits per heavy atom. The highest BCUT2D eigenvalue weighted by atomic mass is 16.5. The number of fused-ring (bicyclic) bond motifs is 2. The van der Waals surface area contributed by atoms with Crippen molar-refractivity contribution >= 4 is 5.91 Å². The Labute approximate surface area is 164 Å². The molecule has 2 saturated heterocycles. The first-order chi connectivity index (χ1) is 13.6. The van der Waals surface area contributed by atoms with Crippen LogP contribution in [0.15, 0.2) is 36.5 Å². The van der Waals surface area contributed by atoms with Gasteiger partial charge in [-0.05, 0) is 43.4 Å². The lowest BCUT2D eigenvalue weighted by Gasteiger charge is -2.43. The number of aliphatic hydroxyl groups is 1. The zero-order valence-electron chi connectivity index (χ0n) is 15.9. The molecule has 1 aromatic carbocycles. The van der Waals surface area contributed by atoms with Crippen molar-refractivity contribution in [2.75, 3.05) is 26.2 Å². The molecule has 3 aliphatic rings. The Kier molecular flexibility index (Phi) is 4.45. The fourth-order valence-electron chi connectivity index (χ4n) is 4.71. The van der Waals surface area contributed by atoms with Crippen LogP contribution in [0.2, 0.25) is 0 Å². The first-order valence-electron chi connectivity index (χ1n) is 10.1. The van der Waals surface area contributed by atoms with Gasteiger partial charge in [0.15, 0.2) is 0 Å². The Balaban J connectivity index is 1.34. The molecule has 7 nitrogen and oxygen atoms in total. The number of carbonyl (C=O) groups is 1. The number of aliphatic hydroxyl groups excluding tert-OH is 1. The van der Waals surface area contributed by atoms with E-state index >= 15 is 0 Å². The number of nitrogens with zero attached hydrogens (tertiary/aromatic N) is 3. The third kappa shape index (κ3) is 3.03. The van der Waals surface area contributed by atoms with Gasteiger partial charge in [0.05, 0.1) is 30.1 Å². The summed E-state index contributed by atoms with van der Waals surface area (Å²) in [7, 11) is 0. The molecule has 7 heteroatoms. The fourth-order valence-corrected chi connectivity index (χ4v) is 4.71. The maximum atomic E-state index is 12.7. The second-order valence-electron chi connectivity index (χ2n) is 8.05. The standard InChI is InChI=1S/C21H26N4O3/c26-17-12-18(22-13-17)20(27)24-9-7-21(8-10-24)19-15(6-11-28-21)14-25(23-19)16-4-2-1-3-5-16/h1-5,14,17-18,22,26H,6-13H2/t17-,18+/m1/s1. The lowest BCUT2D eigenvalue weighted by molar-refractivity contribution is -0.143. The molecule has 1 amide bonds. The van der Waals surface area contributed by atoms with Crippen LogP contribution in [0.25, 0.3) is 5.69 Å². The molecule has 3 aliphatic heterocycles. The molecule has 1 aromatic heterocycles. The predicted molar refractivity (Wildman–Crippen MR) is 103 cm³/mol. The van der Waals surface area contributed by atoms with Gasteiger partial charge in [-0.1, -0.05) is 18.2 Å². The molecule has 2 fully saturated rings. The smallest absolute Gasteiger partial charge is 0.239 e. The quantitative estimate of drug-likeness (QED) is 0.810. The molecule has 0 radical (unpaired) electrons. The Bertz CT molecular complexity index is 858. The SMILES string of the molecule is O=C([C@@H]1C[C@@H](O)CN1)N1CCC2(CC1)OCCc1cn(-c3ccccc3)nc12. The van der Waals surface area contributed by atoms with E-state index in [1.165, 1.54) is 5.56 Å². The summed E-state index contributed by atoms with van der Waals surface area (Å²) in [6, 6.07) is 9.87. The highest BCUT2D eigenvalue weighted by Crippen LogP contribution is 2.41. The van der Waals surface area contributed by atoms with Crippen LogP contribution in [-0.4, -0.2) is 64.1 Å². The number of para-hydroxylation sites is 1. The minimum atomic E-state index is -0.420. The average Bonchev–Trinajstić information content (AvgIpc) is 3.36. The molecule has 0 saturated carbocycles. The van der Waals surface area contributed by atoms with E-state index in [0.29, 0.717) is 32.7 Å². The summed E-state index contributed by atoms with van der Waals surface area (Å²) >= 11 is 0. The molecule has 4 heterocycles. The van der Waals surface area contributed by atoms with Crippen LogP contribution in [-0.2, 0) is 21.6 Å². The summed E-state index contributed by atoms with van der Waals surface area (Å²) in [5, 5.41) is 17.7. The normalized spacial score (nSPS) is 26.4. The number of β-amino-alcohol motifs (C(OH)–C–C–N with tert-alkyl or cyclic N) is 1. The number of piperidine rings is 1. The number of ether oxygens (including phenoxy) is 1. The number of hydrogen-bond donors (Lipinski definition) is 2. The number of hydrogen-bond acceptors (Lipinski definition) is 5. The molecular formula is C21H26N4O3. The maximum absolute atomic E-state index is 12.7. The van der Waals surface area contributed by atoms with Gasteiger partial charge in [-0.3, -0.25) is 4.79 Å². The third-order valence-corrected chi connectivity index (χ3v) is 6.28. The Morgan fingerprint density at radius 2 is 2.04 bits per heavy atom. The number of likely N-dealkylation sites (tertiary alicyclic amines) is 1. The van der Waals surface area contributed by atoms with E-state index in [1.54, 1.807) is 0 Å². The van der Waals surface area contributed by atoms with Crippen LogP contribution >= 0.6 is 0 Å². The predicted octanol–water partition coefficient (Wildman–Crippen LogP) is 0.986. The molecule has 28 heavy (non-hydrogen) atoms. The van der Waals surface area contributed by atoms with Crippen molar-refractivity contribution in [2.45, 2.75) is 43.4 Å². The van der Waals surface area contributed by atoms with E-state index in [2.05, 4.69) is 23.6 Å². The molecule has 0 bridgehead atoms. The van der Waals surface area contributed by atoms with E-state index in [-0.39, 0.29) is 11.9 Å². The van der Waals surface area contributed by atoms with Gasteiger partial charge in [-0.25, -0.2) is 4.68 Å². The lowest BCUT2D eigenvalue weighted by atomic mass is 9.83. The van der Waals surface area contributed by atoms with Gasteiger partial charge in [0.2, 0.25) is 5.91 Å². The van der Waals surface area contributed by atoms with Crippen molar-refractivity contribution in [2.24, 2.45) is 0 Å². The first kappa shape index (κ1) is 17.8. The molecule has 148 valence electrons. The molecule has 2 aromatic rings. The first-order valence-corrected chi connectivity index (χ1v) is 10.1. The number of aromatic nitrogens is 2. The topological polar surface area (TPSA) is 79.6 Å². The number of carbonyl (C=O) groups excluding carboxylic acids is 1. The minimum absolute atomic E-state index is 0.0947. The van der Waals surface area contributed by atoms with Crippen LogP contribution in [0.3, 0.4) is 0 Å². The van der Waals surface area contributed by atoms with Gasteiger partial charge in [0, 0.05) is 25.8 Å². The van der Waals surface area contributed by atoms with E-state index < -0.39 is 11.7 Å². The largest absolute Gasteiger partial charge is 0.392 e. The van der Waals surface area contributed by atoms with Gasteiger partial charge >= 0.3 is 0 Å².